The van der Waals surface area contributed by atoms with Crippen LogP contribution < -0.4 is 0 Å². The number of hydrogen-bond acceptors (Lipinski definition) is 19. The summed E-state index contributed by atoms with van der Waals surface area (Å²) in [7, 11) is 0. The van der Waals surface area contributed by atoms with Crippen molar-refractivity contribution < 1.29 is 90.0 Å². The molecule has 0 aromatic carbocycles. The SMILES string of the molecule is C#CCCOC(C)(C)C.C#CCOC(C)(C)C.CC(C)(C)OCCBr.CC(C)(C)OCCCCl.CCCCOC(C)(C)C.CCCCOC(C)(C)C.CCCCOC(C)(C)C.CCCOC(C)(C)C.CCCOCCOCCOC(C)(C)C.CCCOCCOCCOC(C)(C)C.CCCOCCOCCOC(C)(C)C.CCOC(C)(C)C.CCOC(C)(C)C. The van der Waals surface area contributed by atoms with Gasteiger partial charge in [-0.05, 0) is 335 Å². The summed E-state index contributed by atoms with van der Waals surface area (Å²) >= 11 is 8.73. The van der Waals surface area contributed by atoms with Crippen molar-refractivity contribution in [1.82, 2.24) is 0 Å². The van der Waals surface area contributed by atoms with Crippen LogP contribution in [0.3, 0.4) is 0 Å². The van der Waals surface area contributed by atoms with Crippen molar-refractivity contribution in [2.24, 2.45) is 0 Å². The van der Waals surface area contributed by atoms with Crippen LogP contribution in [0.15, 0.2) is 0 Å². The Bertz CT molecular complexity index is 1900. The second kappa shape index (κ2) is 97.7. The second-order valence-corrected chi connectivity index (χ2v) is 42.9. The van der Waals surface area contributed by atoms with E-state index in [1.54, 1.807) is 0 Å². The van der Waals surface area contributed by atoms with Crippen molar-refractivity contribution in [3.8, 4) is 24.7 Å². The minimum Gasteiger partial charge on any atom is -0.379 e. The lowest BCUT2D eigenvalue weighted by Gasteiger charge is -2.19. The standard InChI is InChI=1S/3C11H24O3.3C8H18O.C8H14O.C7H15ClO.C7H16O.C7H12O.C6H13BrO.2C6H14O/c3*1-5-6-12-7-8-13-9-10-14-11(2,3)4;4*1-5-6-7-9-8(2,3)4;1-7(2,3)9-6-4-5-8;2*1-5-6-8-7(2,3)4;1-6(2,3)8-5-4-7;2*1-5-7-6(2,3)4/h3*5-10H2,1-4H3;3*5-7H2,1-4H3;1H,6-7H2,2-4H3;4-6H2,1-3H3;5-6H2,1-4H3;1H,6H2,2-4H3;4-5H2,1-3H3;2*5H2,1-4H3. The number of unbranched alkanes of at least 4 members (excludes halogenated alkanes) is 3. The van der Waals surface area contributed by atoms with Gasteiger partial charge in [0.2, 0.25) is 0 Å². The predicted molar refractivity (Wildman–Crippen MR) is 548 cm³/mol. The Hall–Kier alpha value is -0.870. The first-order valence-corrected chi connectivity index (χ1v) is 49.2. The van der Waals surface area contributed by atoms with Gasteiger partial charge < -0.3 is 90.0 Å². The van der Waals surface area contributed by atoms with E-state index in [0.717, 1.165) is 110 Å². The maximum Gasteiger partial charge on any atom is 0.108 e. The van der Waals surface area contributed by atoms with E-state index in [4.69, 9.17) is 114 Å². The molecule has 0 bridgehead atoms. The molecule has 0 aromatic rings. The Morgan fingerprint density at radius 1 is 0.200 bits per heavy atom. The first-order valence-electron chi connectivity index (χ1n) is 47.6. The molecule has 0 N–H and O–H groups in total. The van der Waals surface area contributed by atoms with Crippen molar-refractivity contribution in [3.05, 3.63) is 0 Å². The monoisotopic (exact) mass is 1890 g/mol. The molecule has 0 atom stereocenters. The van der Waals surface area contributed by atoms with Crippen LogP contribution in [0.2, 0.25) is 0 Å². The molecule has 0 saturated heterocycles. The molecule has 768 valence electrons. The highest BCUT2D eigenvalue weighted by Crippen LogP contribution is 2.14. The van der Waals surface area contributed by atoms with Crippen LogP contribution in [0, 0.1) is 24.7 Å². The molecule has 0 amide bonds. The molecule has 21 heteroatoms. The van der Waals surface area contributed by atoms with Gasteiger partial charge in [-0.25, -0.2) is 0 Å². The van der Waals surface area contributed by atoms with E-state index in [9.17, 15) is 0 Å². The van der Waals surface area contributed by atoms with Gasteiger partial charge in [0.05, 0.1) is 165 Å². The van der Waals surface area contributed by atoms with Crippen LogP contribution in [0.1, 0.15) is 409 Å². The average Bonchev–Trinajstić information content (AvgIpc) is 1.00. The normalized spacial score (nSPS) is 11.8. The highest BCUT2D eigenvalue weighted by atomic mass is 79.9. The summed E-state index contributed by atoms with van der Waals surface area (Å²) in [6.45, 7) is 117. The van der Waals surface area contributed by atoms with Gasteiger partial charge in [0.15, 0.2) is 0 Å². The Morgan fingerprint density at radius 2 is 0.384 bits per heavy atom. The van der Waals surface area contributed by atoms with Gasteiger partial charge in [0.25, 0.3) is 0 Å². The molecule has 125 heavy (non-hydrogen) atoms. The van der Waals surface area contributed by atoms with Gasteiger partial charge in [-0.2, -0.15) is 0 Å². The van der Waals surface area contributed by atoms with E-state index in [-0.39, 0.29) is 72.8 Å². The first-order chi connectivity index (χ1) is 56.8. The van der Waals surface area contributed by atoms with Crippen LogP contribution in [0.25, 0.3) is 0 Å². The molecule has 0 spiro atoms. The zero-order chi connectivity index (χ0) is 101. The van der Waals surface area contributed by atoms with Crippen molar-refractivity contribution in [3.63, 3.8) is 0 Å². The summed E-state index contributed by atoms with van der Waals surface area (Å²) < 4.78 is 102. The molecule has 0 unspecified atom stereocenters. The minimum atomic E-state index is -0.0909. The summed E-state index contributed by atoms with van der Waals surface area (Å²) in [5, 5.41) is 0.921. The molecule has 0 aromatic heterocycles. The molecular weight excluding hydrogens is 1670 g/mol. The Labute approximate surface area is 796 Å². The smallest absolute Gasteiger partial charge is 0.108 e. The van der Waals surface area contributed by atoms with Crippen LogP contribution >= 0.6 is 27.5 Å². The van der Waals surface area contributed by atoms with Crippen LogP contribution in [-0.2, 0) is 90.0 Å². The van der Waals surface area contributed by atoms with Gasteiger partial charge >= 0.3 is 0 Å². The Kier molecular flexibility index (Phi) is 119. The lowest BCUT2D eigenvalue weighted by Crippen LogP contribution is -2.22. The molecule has 0 heterocycles. The van der Waals surface area contributed by atoms with Crippen molar-refractivity contribution in [2.75, 3.05) is 176 Å². The number of terminal acetylenes is 2. The van der Waals surface area contributed by atoms with Crippen molar-refractivity contribution in [2.45, 2.75) is 482 Å². The summed E-state index contributed by atoms with van der Waals surface area (Å²) in [5.74, 6) is 5.61. The zero-order valence-electron chi connectivity index (χ0n) is 92.7. The Morgan fingerprint density at radius 3 is 0.528 bits per heavy atom. The number of ether oxygens (including phenoxy) is 19. The average molecular weight is 1890 g/mol. The van der Waals surface area contributed by atoms with E-state index in [2.05, 4.69) is 222 Å². The lowest BCUT2D eigenvalue weighted by atomic mass is 10.2. The fourth-order valence-corrected chi connectivity index (χ4v) is 7.18. The van der Waals surface area contributed by atoms with E-state index in [1.807, 2.05) is 138 Å². The van der Waals surface area contributed by atoms with E-state index >= 15 is 0 Å². The second-order valence-electron chi connectivity index (χ2n) is 41.7. The number of rotatable bonds is 45. The van der Waals surface area contributed by atoms with Gasteiger partial charge in [0, 0.05) is 83.7 Å². The predicted octanol–water partition coefficient (Wildman–Crippen LogP) is 28.3. The van der Waals surface area contributed by atoms with Gasteiger partial charge in [-0.3, -0.25) is 0 Å². The Balaban J connectivity index is -0.0000000995. The fourth-order valence-electron chi connectivity index (χ4n) is 6.91. The summed E-state index contributed by atoms with van der Waals surface area (Å²) in [6, 6.07) is 0. The molecule has 0 rings (SSSR count). The molecule has 0 aliphatic heterocycles. The van der Waals surface area contributed by atoms with Crippen molar-refractivity contribution >= 4 is 27.5 Å². The fraction of sp³-hybridized carbons (Fsp3) is 0.962. The van der Waals surface area contributed by atoms with E-state index in [1.165, 1.54) is 38.5 Å². The maximum absolute atomic E-state index is 5.49. The van der Waals surface area contributed by atoms with E-state index in [0.29, 0.717) is 105 Å². The summed E-state index contributed by atoms with van der Waals surface area (Å²) in [6.07, 6.45) is 23.1. The molecule has 19 nitrogen and oxygen atoms in total. The number of halogens is 2. The maximum atomic E-state index is 5.49. The third-order valence-electron chi connectivity index (χ3n) is 12.2. The van der Waals surface area contributed by atoms with Gasteiger partial charge in [-0.1, -0.05) is 89.6 Å². The largest absolute Gasteiger partial charge is 0.379 e. The zero-order valence-corrected chi connectivity index (χ0v) is 95.1. The molecule has 0 aliphatic rings. The number of hydrogen-bond donors (Lipinski definition) is 0. The number of alkyl halides is 2. The third-order valence-corrected chi connectivity index (χ3v) is 12.8. The van der Waals surface area contributed by atoms with Crippen molar-refractivity contribution in [1.29, 1.82) is 0 Å². The van der Waals surface area contributed by atoms with Crippen LogP contribution in [0.4, 0.5) is 0 Å². The highest BCUT2D eigenvalue weighted by Gasteiger charge is 2.16. The van der Waals surface area contributed by atoms with Gasteiger partial charge in [0.1, 0.15) is 6.61 Å². The van der Waals surface area contributed by atoms with Gasteiger partial charge in [-0.15, -0.1) is 30.4 Å². The lowest BCUT2D eigenvalue weighted by molar-refractivity contribution is -0.0425. The van der Waals surface area contributed by atoms with E-state index < -0.39 is 0 Å². The molecular formula is C104H224BrClO19. The summed E-state index contributed by atoms with van der Waals surface area (Å²) in [4.78, 5) is 0. The van der Waals surface area contributed by atoms with Crippen LogP contribution in [0.5, 0.6) is 0 Å². The first kappa shape index (κ1) is 152. The minimum absolute atomic E-state index is 0.00788. The molecule has 0 saturated carbocycles. The molecule has 0 aliphatic carbocycles. The van der Waals surface area contributed by atoms with Crippen LogP contribution in [-0.4, -0.2) is 249 Å². The third kappa shape index (κ3) is 249. The quantitative estimate of drug-likeness (QED) is 0.0319. The summed E-state index contributed by atoms with van der Waals surface area (Å²) in [5.41, 5.74) is -0.0196. The topological polar surface area (TPSA) is 175 Å². The molecule has 0 fully saturated rings. The molecule has 0 radical (unpaired) electrons. The highest BCUT2D eigenvalue weighted by molar-refractivity contribution is 9.09.